The Bertz CT molecular complexity index is 576. The molecule has 0 bridgehead atoms. The Morgan fingerprint density at radius 2 is 2.00 bits per heavy atom. The van der Waals surface area contributed by atoms with Crippen LogP contribution in [0.3, 0.4) is 0 Å². The Kier molecular flexibility index (Phi) is 4.03. The Balaban J connectivity index is 1.73. The van der Waals surface area contributed by atoms with Gasteiger partial charge in [0, 0.05) is 19.6 Å². The maximum absolute atomic E-state index is 6.20. The lowest BCUT2D eigenvalue weighted by molar-refractivity contribution is -0.0178. The highest BCUT2D eigenvalue weighted by molar-refractivity contribution is 5.19. The summed E-state index contributed by atoms with van der Waals surface area (Å²) < 4.78 is 11.0. The molecule has 1 atom stereocenters. The fraction of sp³-hybridized carbons (Fsp3) is 0.500. The van der Waals surface area contributed by atoms with E-state index in [4.69, 9.17) is 15.0 Å². The average molecular weight is 287 g/mol. The lowest BCUT2D eigenvalue weighted by Gasteiger charge is -2.22. The van der Waals surface area contributed by atoms with Crippen LogP contribution in [0, 0.1) is 0 Å². The smallest absolute Gasteiger partial charge is 0.228 e. The van der Waals surface area contributed by atoms with Crippen LogP contribution in [0.4, 0.5) is 0 Å². The summed E-state index contributed by atoms with van der Waals surface area (Å²) in [5, 5.41) is 4.12. The zero-order chi connectivity index (χ0) is 14.7. The Morgan fingerprint density at radius 1 is 1.29 bits per heavy atom. The number of ether oxygens (including phenoxy) is 1. The fourth-order valence-electron chi connectivity index (χ4n) is 2.99. The summed E-state index contributed by atoms with van der Waals surface area (Å²) in [4.78, 5) is 4.52. The van der Waals surface area contributed by atoms with Gasteiger partial charge < -0.3 is 15.0 Å². The minimum absolute atomic E-state index is 0.137. The molecule has 1 fully saturated rings. The third-order valence-electron chi connectivity index (χ3n) is 4.30. The van der Waals surface area contributed by atoms with E-state index in [1.165, 1.54) is 0 Å². The molecule has 2 N–H and O–H groups in total. The molecule has 1 aromatic carbocycles. The molecule has 0 aliphatic heterocycles. The van der Waals surface area contributed by atoms with Gasteiger partial charge in [0.05, 0.1) is 0 Å². The van der Waals surface area contributed by atoms with Gasteiger partial charge in [-0.1, -0.05) is 35.5 Å². The maximum atomic E-state index is 6.20. The van der Waals surface area contributed by atoms with Crippen molar-refractivity contribution in [3.63, 3.8) is 0 Å². The van der Waals surface area contributed by atoms with Crippen molar-refractivity contribution < 1.29 is 9.26 Å². The van der Waals surface area contributed by atoms with Gasteiger partial charge in [-0.15, -0.1) is 0 Å². The van der Waals surface area contributed by atoms with Crippen LogP contribution in [0.5, 0.6) is 0 Å². The second kappa shape index (κ2) is 5.95. The highest BCUT2D eigenvalue weighted by atomic mass is 16.5. The first-order chi connectivity index (χ1) is 10.2. The number of aromatic nitrogens is 2. The summed E-state index contributed by atoms with van der Waals surface area (Å²) in [5.74, 6) is 1.24. The summed E-state index contributed by atoms with van der Waals surface area (Å²) >= 11 is 0. The van der Waals surface area contributed by atoms with Crippen molar-refractivity contribution in [2.24, 2.45) is 5.73 Å². The lowest BCUT2D eigenvalue weighted by atomic mass is 10.0. The summed E-state index contributed by atoms with van der Waals surface area (Å²) in [6, 6.07) is 9.82. The zero-order valence-electron chi connectivity index (χ0n) is 12.3. The van der Waals surface area contributed by atoms with Crippen molar-refractivity contribution in [1.82, 2.24) is 10.1 Å². The van der Waals surface area contributed by atoms with E-state index in [2.05, 4.69) is 10.1 Å². The Morgan fingerprint density at radius 3 is 2.67 bits per heavy atom. The summed E-state index contributed by atoms with van der Waals surface area (Å²) in [5.41, 5.74) is 6.90. The molecule has 0 amide bonds. The van der Waals surface area contributed by atoms with Crippen LogP contribution in [0.15, 0.2) is 34.9 Å². The Labute approximate surface area is 124 Å². The third kappa shape index (κ3) is 2.84. The normalized spacial score (nSPS) is 18.8. The quantitative estimate of drug-likeness (QED) is 0.915. The molecule has 5 nitrogen and oxygen atoms in total. The number of hydrogen-bond donors (Lipinski definition) is 1. The fourth-order valence-corrected chi connectivity index (χ4v) is 2.99. The van der Waals surface area contributed by atoms with E-state index in [9.17, 15) is 0 Å². The van der Waals surface area contributed by atoms with Crippen LogP contribution < -0.4 is 5.73 Å². The van der Waals surface area contributed by atoms with Crippen LogP contribution in [0.1, 0.15) is 49.0 Å². The van der Waals surface area contributed by atoms with E-state index < -0.39 is 0 Å². The third-order valence-corrected chi connectivity index (χ3v) is 4.30. The SMILES string of the molecule is COC1(c2noc(CC(N)c3ccccc3)n2)CCCC1. The molecule has 1 aliphatic carbocycles. The van der Waals surface area contributed by atoms with Crippen LogP contribution in [0.2, 0.25) is 0 Å². The molecule has 1 unspecified atom stereocenters. The number of benzene rings is 1. The van der Waals surface area contributed by atoms with Crippen molar-refractivity contribution in [1.29, 1.82) is 0 Å². The van der Waals surface area contributed by atoms with Crippen LogP contribution >= 0.6 is 0 Å². The van der Waals surface area contributed by atoms with Gasteiger partial charge in [0.2, 0.25) is 11.7 Å². The number of rotatable bonds is 5. The maximum Gasteiger partial charge on any atom is 0.228 e. The molecule has 112 valence electrons. The molecular formula is C16H21N3O2. The van der Waals surface area contributed by atoms with Crippen LogP contribution in [-0.2, 0) is 16.8 Å². The van der Waals surface area contributed by atoms with E-state index in [1.54, 1.807) is 7.11 Å². The monoisotopic (exact) mass is 287 g/mol. The van der Waals surface area contributed by atoms with E-state index >= 15 is 0 Å². The van der Waals surface area contributed by atoms with E-state index in [-0.39, 0.29) is 11.6 Å². The molecule has 0 radical (unpaired) electrons. The lowest BCUT2D eigenvalue weighted by Crippen LogP contribution is -2.26. The predicted molar refractivity (Wildman–Crippen MR) is 78.5 cm³/mol. The van der Waals surface area contributed by atoms with Crippen molar-refractivity contribution in [2.75, 3.05) is 7.11 Å². The zero-order valence-corrected chi connectivity index (χ0v) is 12.3. The molecule has 0 spiro atoms. The molecule has 1 heterocycles. The van der Waals surface area contributed by atoms with Gasteiger partial charge in [-0.2, -0.15) is 4.98 Å². The predicted octanol–water partition coefficient (Wildman–Crippen LogP) is 2.73. The highest BCUT2D eigenvalue weighted by Gasteiger charge is 2.40. The van der Waals surface area contributed by atoms with Crippen LogP contribution in [0.25, 0.3) is 0 Å². The molecular weight excluding hydrogens is 266 g/mol. The second-order valence-corrected chi connectivity index (χ2v) is 5.64. The minimum Gasteiger partial charge on any atom is -0.370 e. The molecule has 2 aromatic rings. The van der Waals surface area contributed by atoms with E-state index in [0.29, 0.717) is 18.1 Å². The van der Waals surface area contributed by atoms with Gasteiger partial charge in [-0.3, -0.25) is 0 Å². The van der Waals surface area contributed by atoms with Gasteiger partial charge in [0.25, 0.3) is 0 Å². The number of nitrogens with zero attached hydrogens (tertiary/aromatic N) is 2. The number of hydrogen-bond acceptors (Lipinski definition) is 5. The van der Waals surface area contributed by atoms with Gasteiger partial charge in [0.1, 0.15) is 5.60 Å². The molecule has 1 aliphatic rings. The van der Waals surface area contributed by atoms with Crippen molar-refractivity contribution in [3.8, 4) is 0 Å². The molecule has 1 saturated carbocycles. The van der Waals surface area contributed by atoms with E-state index in [1.807, 2.05) is 30.3 Å². The minimum atomic E-state index is -0.363. The van der Waals surface area contributed by atoms with Crippen molar-refractivity contribution in [3.05, 3.63) is 47.6 Å². The largest absolute Gasteiger partial charge is 0.370 e. The van der Waals surface area contributed by atoms with Crippen LogP contribution in [-0.4, -0.2) is 17.3 Å². The highest BCUT2D eigenvalue weighted by Crippen LogP contribution is 2.40. The summed E-state index contributed by atoms with van der Waals surface area (Å²) in [6.45, 7) is 0. The van der Waals surface area contributed by atoms with Gasteiger partial charge >= 0.3 is 0 Å². The topological polar surface area (TPSA) is 74.2 Å². The Hall–Kier alpha value is -1.72. The standard InChI is InChI=1S/C16H21N3O2/c1-20-16(9-5-6-10-16)15-18-14(21-19-15)11-13(17)12-7-3-2-4-8-12/h2-4,7-8,13H,5-6,9-11,17H2,1H3. The van der Waals surface area contributed by atoms with Gasteiger partial charge in [-0.25, -0.2) is 0 Å². The van der Waals surface area contributed by atoms with E-state index in [0.717, 1.165) is 31.2 Å². The first kappa shape index (κ1) is 14.2. The number of nitrogens with two attached hydrogens (primary N) is 1. The average Bonchev–Trinajstić information content (AvgIpc) is 3.17. The van der Waals surface area contributed by atoms with Crippen molar-refractivity contribution >= 4 is 0 Å². The molecule has 5 heteroatoms. The molecule has 21 heavy (non-hydrogen) atoms. The summed E-state index contributed by atoms with van der Waals surface area (Å²) in [7, 11) is 1.72. The molecule has 3 rings (SSSR count). The molecule has 1 aromatic heterocycles. The van der Waals surface area contributed by atoms with Gasteiger partial charge in [0.15, 0.2) is 0 Å². The number of methoxy groups -OCH3 is 1. The molecule has 0 saturated heterocycles. The summed E-state index contributed by atoms with van der Waals surface area (Å²) in [6.07, 6.45) is 4.72. The first-order valence-corrected chi connectivity index (χ1v) is 7.42. The second-order valence-electron chi connectivity index (χ2n) is 5.64. The van der Waals surface area contributed by atoms with Gasteiger partial charge in [-0.05, 0) is 31.2 Å². The first-order valence-electron chi connectivity index (χ1n) is 7.42. The van der Waals surface area contributed by atoms with Crippen molar-refractivity contribution in [2.45, 2.75) is 43.7 Å².